The fraction of sp³-hybridized carbons (Fsp3) is 0.435. The van der Waals surface area contributed by atoms with Gasteiger partial charge in [-0.05, 0) is 73.1 Å². The molecule has 2 aromatic carbocycles. The second-order valence-electron chi connectivity index (χ2n) is 7.24. The Bertz CT molecular complexity index is 844. The fourth-order valence-electron chi connectivity index (χ4n) is 3.45. The Labute approximate surface area is 187 Å². The average molecular weight is 452 g/mol. The van der Waals surface area contributed by atoms with Crippen LogP contribution in [0.3, 0.4) is 0 Å². The summed E-state index contributed by atoms with van der Waals surface area (Å²) < 4.78 is 6.00. The van der Waals surface area contributed by atoms with E-state index in [9.17, 15) is 4.79 Å². The Hall–Kier alpha value is -1.36. The summed E-state index contributed by atoms with van der Waals surface area (Å²) in [6.07, 6.45) is 4.92. The van der Waals surface area contributed by atoms with Gasteiger partial charge in [-0.2, -0.15) is 11.8 Å². The predicted octanol–water partition coefficient (Wildman–Crippen LogP) is 6.08. The normalized spacial score (nSPS) is 14.2. The van der Waals surface area contributed by atoms with E-state index in [0.29, 0.717) is 23.0 Å². The zero-order valence-corrected chi connectivity index (χ0v) is 19.0. The van der Waals surface area contributed by atoms with Gasteiger partial charge in [0.05, 0.1) is 10.0 Å². The number of carbonyl (C=O) groups excluding carboxylic acids is 1. The molecule has 3 rings (SSSR count). The topological polar surface area (TPSA) is 38.3 Å². The molecule has 0 fully saturated rings. The summed E-state index contributed by atoms with van der Waals surface area (Å²) in [6, 6.07) is 11.9. The largest absolute Gasteiger partial charge is 0.481 e. The van der Waals surface area contributed by atoms with Crippen LogP contribution < -0.4 is 10.1 Å². The molecule has 0 spiro atoms. The van der Waals surface area contributed by atoms with E-state index < -0.39 is 6.10 Å². The highest BCUT2D eigenvalue weighted by atomic mass is 35.5. The average Bonchev–Trinajstić information content (AvgIpc) is 2.74. The molecule has 0 aliphatic heterocycles. The molecule has 1 aliphatic rings. The highest BCUT2D eigenvalue weighted by Gasteiger charge is 2.19. The third kappa shape index (κ3) is 6.56. The van der Waals surface area contributed by atoms with Crippen molar-refractivity contribution in [1.29, 1.82) is 0 Å². The SMILES string of the molecule is CC[C@@H](Oc1ccc2c(c1)CCCC2)C(=O)NCCSCc1ccc(Cl)c(Cl)c1. The van der Waals surface area contributed by atoms with Gasteiger partial charge in [-0.3, -0.25) is 4.79 Å². The summed E-state index contributed by atoms with van der Waals surface area (Å²) in [5.74, 6) is 2.39. The van der Waals surface area contributed by atoms with Crippen molar-refractivity contribution in [3.8, 4) is 5.75 Å². The van der Waals surface area contributed by atoms with E-state index in [2.05, 4.69) is 17.4 Å². The molecule has 156 valence electrons. The molecule has 1 atom stereocenters. The number of hydrogen-bond donors (Lipinski definition) is 1. The van der Waals surface area contributed by atoms with Gasteiger partial charge in [0.1, 0.15) is 5.75 Å². The molecule has 29 heavy (non-hydrogen) atoms. The van der Waals surface area contributed by atoms with Crippen LogP contribution in [-0.2, 0) is 23.4 Å². The second-order valence-corrected chi connectivity index (χ2v) is 9.16. The molecule has 1 aliphatic carbocycles. The van der Waals surface area contributed by atoms with Crippen LogP contribution in [0.1, 0.15) is 42.9 Å². The molecule has 1 amide bonds. The molecule has 3 nitrogen and oxygen atoms in total. The Morgan fingerprint density at radius 1 is 1.10 bits per heavy atom. The minimum Gasteiger partial charge on any atom is -0.481 e. The van der Waals surface area contributed by atoms with Crippen molar-refractivity contribution in [3.05, 3.63) is 63.1 Å². The molecule has 2 aromatic rings. The van der Waals surface area contributed by atoms with Crippen molar-refractivity contribution in [3.63, 3.8) is 0 Å². The maximum absolute atomic E-state index is 12.5. The summed E-state index contributed by atoms with van der Waals surface area (Å²) in [4.78, 5) is 12.5. The van der Waals surface area contributed by atoms with Crippen molar-refractivity contribution < 1.29 is 9.53 Å². The molecule has 0 saturated carbocycles. The Morgan fingerprint density at radius 3 is 2.66 bits per heavy atom. The molecule has 0 unspecified atom stereocenters. The first-order valence-corrected chi connectivity index (χ1v) is 12.1. The van der Waals surface area contributed by atoms with E-state index in [1.54, 1.807) is 11.8 Å². The van der Waals surface area contributed by atoms with E-state index >= 15 is 0 Å². The van der Waals surface area contributed by atoms with Gasteiger partial charge < -0.3 is 10.1 Å². The summed E-state index contributed by atoms with van der Waals surface area (Å²) in [6.45, 7) is 2.58. The van der Waals surface area contributed by atoms with Crippen LogP contribution in [-0.4, -0.2) is 24.3 Å². The summed E-state index contributed by atoms with van der Waals surface area (Å²) >= 11 is 13.7. The molecular formula is C23H27Cl2NO2S. The van der Waals surface area contributed by atoms with Crippen molar-refractivity contribution in [2.45, 2.75) is 50.9 Å². The zero-order valence-electron chi connectivity index (χ0n) is 16.7. The van der Waals surface area contributed by atoms with Crippen molar-refractivity contribution >= 4 is 40.9 Å². The van der Waals surface area contributed by atoms with Gasteiger partial charge in [0.15, 0.2) is 6.10 Å². The summed E-state index contributed by atoms with van der Waals surface area (Å²) in [5, 5.41) is 4.13. The molecule has 0 radical (unpaired) electrons. The lowest BCUT2D eigenvalue weighted by Crippen LogP contribution is -2.39. The number of rotatable bonds is 9. The minimum atomic E-state index is -0.461. The lowest BCUT2D eigenvalue weighted by atomic mass is 9.92. The van der Waals surface area contributed by atoms with E-state index in [-0.39, 0.29) is 5.91 Å². The third-order valence-electron chi connectivity index (χ3n) is 5.06. The van der Waals surface area contributed by atoms with Gasteiger partial charge in [0.2, 0.25) is 0 Å². The van der Waals surface area contributed by atoms with Crippen LogP contribution in [0, 0.1) is 0 Å². The number of aryl methyl sites for hydroxylation is 2. The minimum absolute atomic E-state index is 0.0552. The Morgan fingerprint density at radius 2 is 1.90 bits per heavy atom. The molecule has 0 aromatic heterocycles. The number of fused-ring (bicyclic) bond motifs is 1. The van der Waals surface area contributed by atoms with Crippen LogP contribution in [0.4, 0.5) is 0 Å². The van der Waals surface area contributed by atoms with Crippen molar-refractivity contribution in [2.24, 2.45) is 0 Å². The van der Waals surface area contributed by atoms with Crippen molar-refractivity contribution in [2.75, 3.05) is 12.3 Å². The predicted molar refractivity (Wildman–Crippen MR) is 123 cm³/mol. The Balaban J connectivity index is 1.42. The van der Waals surface area contributed by atoms with E-state index in [1.165, 1.54) is 24.0 Å². The van der Waals surface area contributed by atoms with Crippen LogP contribution in [0.5, 0.6) is 5.75 Å². The quantitative estimate of drug-likeness (QED) is 0.469. The maximum atomic E-state index is 12.5. The second kappa shape index (κ2) is 11.1. The molecule has 0 heterocycles. The number of ether oxygens (including phenoxy) is 1. The molecule has 0 saturated heterocycles. The highest BCUT2D eigenvalue weighted by Crippen LogP contribution is 2.26. The first-order valence-electron chi connectivity index (χ1n) is 10.1. The summed E-state index contributed by atoms with van der Waals surface area (Å²) in [7, 11) is 0. The molecule has 6 heteroatoms. The van der Waals surface area contributed by atoms with Gasteiger partial charge in [0, 0.05) is 18.1 Å². The van der Waals surface area contributed by atoms with E-state index in [1.807, 2.05) is 31.2 Å². The molecular weight excluding hydrogens is 425 g/mol. The molecule has 0 bridgehead atoms. The van der Waals surface area contributed by atoms with Crippen molar-refractivity contribution in [1.82, 2.24) is 5.32 Å². The number of amides is 1. The van der Waals surface area contributed by atoms with Crippen LogP contribution in [0.2, 0.25) is 10.0 Å². The van der Waals surface area contributed by atoms with E-state index in [4.69, 9.17) is 27.9 Å². The van der Waals surface area contributed by atoms with Gasteiger partial charge in [-0.15, -0.1) is 0 Å². The number of halogens is 2. The van der Waals surface area contributed by atoms with Gasteiger partial charge >= 0.3 is 0 Å². The summed E-state index contributed by atoms with van der Waals surface area (Å²) in [5.41, 5.74) is 3.90. The van der Waals surface area contributed by atoms with Crippen LogP contribution in [0.15, 0.2) is 36.4 Å². The zero-order chi connectivity index (χ0) is 20.6. The van der Waals surface area contributed by atoms with Crippen LogP contribution in [0.25, 0.3) is 0 Å². The smallest absolute Gasteiger partial charge is 0.261 e. The number of hydrogen-bond acceptors (Lipinski definition) is 3. The lowest BCUT2D eigenvalue weighted by Gasteiger charge is -2.20. The van der Waals surface area contributed by atoms with E-state index in [0.717, 1.165) is 35.7 Å². The monoisotopic (exact) mass is 451 g/mol. The number of carbonyl (C=O) groups is 1. The van der Waals surface area contributed by atoms with Crippen LogP contribution >= 0.6 is 35.0 Å². The number of nitrogens with one attached hydrogen (secondary N) is 1. The lowest BCUT2D eigenvalue weighted by molar-refractivity contribution is -0.127. The standard InChI is InChI=1S/C23H27Cl2NO2S/c1-2-22(28-19-9-8-17-5-3-4-6-18(17)14-19)23(27)26-11-12-29-15-16-7-10-20(24)21(25)13-16/h7-10,13-14,22H,2-6,11-12,15H2,1H3,(H,26,27)/t22-/m1/s1. The van der Waals surface area contributed by atoms with Gasteiger partial charge in [-0.25, -0.2) is 0 Å². The first-order chi connectivity index (χ1) is 14.1. The van der Waals surface area contributed by atoms with Gasteiger partial charge in [-0.1, -0.05) is 42.3 Å². The van der Waals surface area contributed by atoms with Gasteiger partial charge in [0.25, 0.3) is 5.91 Å². The fourth-order valence-corrected chi connectivity index (χ4v) is 4.58. The third-order valence-corrected chi connectivity index (χ3v) is 6.83. The number of thioether (sulfide) groups is 1. The maximum Gasteiger partial charge on any atom is 0.261 e. The highest BCUT2D eigenvalue weighted by molar-refractivity contribution is 7.98. The molecule has 1 N–H and O–H groups in total. The Kier molecular flexibility index (Phi) is 8.58. The number of benzene rings is 2. The first kappa shape index (κ1) is 22.3.